The van der Waals surface area contributed by atoms with E-state index in [2.05, 4.69) is 5.32 Å². The van der Waals surface area contributed by atoms with Crippen molar-refractivity contribution in [2.24, 2.45) is 0 Å². The van der Waals surface area contributed by atoms with Crippen LogP contribution in [0.3, 0.4) is 0 Å². The van der Waals surface area contributed by atoms with Crippen LogP contribution in [0.4, 0.5) is 0 Å². The number of rotatable bonds is 4. The van der Waals surface area contributed by atoms with Crippen LogP contribution < -0.4 is 10.1 Å². The van der Waals surface area contributed by atoms with E-state index in [1.165, 1.54) is 4.31 Å². The molecular weight excluding hydrogens is 354 g/mol. The predicted molar refractivity (Wildman–Crippen MR) is 98.8 cm³/mol. The number of amides is 1. The van der Waals surface area contributed by atoms with E-state index in [-0.39, 0.29) is 11.9 Å². The van der Waals surface area contributed by atoms with Gasteiger partial charge in [0.15, 0.2) is 0 Å². The maximum Gasteiger partial charge on any atom is 0.243 e. The van der Waals surface area contributed by atoms with Crippen LogP contribution in [0.1, 0.15) is 24.0 Å². The second-order valence-corrected chi connectivity index (χ2v) is 8.95. The Morgan fingerprint density at radius 1 is 1.19 bits per heavy atom. The molecule has 1 aromatic carbocycles. The lowest BCUT2D eigenvalue weighted by Gasteiger charge is -2.40. The lowest BCUT2D eigenvalue weighted by molar-refractivity contribution is -0.135. The van der Waals surface area contributed by atoms with Gasteiger partial charge in [-0.1, -0.05) is 0 Å². The van der Waals surface area contributed by atoms with Crippen LogP contribution in [-0.2, 0) is 14.8 Å². The molecule has 0 aromatic heterocycles. The SMILES string of the molecule is COc1c(C)cc(S(=O)(=O)N2CCCC(N3CCNCC3=O)C2)cc1C. The molecule has 3 rings (SSSR count). The summed E-state index contributed by atoms with van der Waals surface area (Å²) in [5.74, 6) is 0.767. The highest BCUT2D eigenvalue weighted by molar-refractivity contribution is 7.89. The van der Waals surface area contributed by atoms with E-state index in [1.807, 2.05) is 18.7 Å². The van der Waals surface area contributed by atoms with Gasteiger partial charge in [-0.3, -0.25) is 4.79 Å². The largest absolute Gasteiger partial charge is 0.496 e. The molecule has 2 heterocycles. The highest BCUT2D eigenvalue weighted by Crippen LogP contribution is 2.29. The zero-order valence-corrected chi connectivity index (χ0v) is 16.4. The summed E-state index contributed by atoms with van der Waals surface area (Å²) in [5.41, 5.74) is 1.61. The maximum atomic E-state index is 13.2. The third kappa shape index (κ3) is 3.58. The van der Waals surface area contributed by atoms with Crippen molar-refractivity contribution in [3.63, 3.8) is 0 Å². The first-order valence-corrected chi connectivity index (χ1v) is 10.4. The summed E-state index contributed by atoms with van der Waals surface area (Å²) >= 11 is 0. The quantitative estimate of drug-likeness (QED) is 0.838. The molecule has 2 aliphatic rings. The summed E-state index contributed by atoms with van der Waals surface area (Å²) < 4.78 is 33.2. The number of aryl methyl sites for hydroxylation is 2. The zero-order chi connectivity index (χ0) is 18.9. The third-order valence-electron chi connectivity index (χ3n) is 5.20. The first kappa shape index (κ1) is 19.1. The number of carbonyl (C=O) groups excluding carboxylic acids is 1. The first-order chi connectivity index (χ1) is 12.3. The molecule has 26 heavy (non-hydrogen) atoms. The summed E-state index contributed by atoms with van der Waals surface area (Å²) in [7, 11) is -2.01. The van der Waals surface area contributed by atoms with E-state index in [0.717, 1.165) is 30.5 Å². The number of benzene rings is 1. The fourth-order valence-corrected chi connectivity index (χ4v) is 5.62. The molecule has 0 saturated carbocycles. The van der Waals surface area contributed by atoms with Crippen LogP contribution >= 0.6 is 0 Å². The minimum atomic E-state index is -3.60. The van der Waals surface area contributed by atoms with Crippen molar-refractivity contribution in [3.05, 3.63) is 23.3 Å². The summed E-state index contributed by atoms with van der Waals surface area (Å²) in [6, 6.07) is 3.29. The van der Waals surface area contributed by atoms with Crippen LogP contribution in [0.2, 0.25) is 0 Å². The summed E-state index contributed by atoms with van der Waals surface area (Å²) in [4.78, 5) is 14.3. The van der Waals surface area contributed by atoms with Crippen LogP contribution in [0.5, 0.6) is 5.75 Å². The van der Waals surface area contributed by atoms with E-state index in [4.69, 9.17) is 4.74 Å². The molecule has 144 valence electrons. The van der Waals surface area contributed by atoms with Crippen LogP contribution in [0, 0.1) is 13.8 Å². The molecule has 1 aromatic rings. The Morgan fingerprint density at radius 2 is 1.88 bits per heavy atom. The maximum absolute atomic E-state index is 13.2. The average Bonchev–Trinajstić information content (AvgIpc) is 2.62. The summed E-state index contributed by atoms with van der Waals surface area (Å²) in [6.07, 6.45) is 1.60. The molecule has 0 radical (unpaired) electrons. The van der Waals surface area contributed by atoms with Gasteiger partial charge in [0.1, 0.15) is 5.75 Å². The predicted octanol–water partition coefficient (Wildman–Crippen LogP) is 0.897. The fourth-order valence-electron chi connectivity index (χ4n) is 3.93. The van der Waals surface area contributed by atoms with Crippen molar-refractivity contribution in [2.75, 3.05) is 39.8 Å². The number of sulfonamides is 1. The number of carbonyl (C=O) groups is 1. The minimum Gasteiger partial charge on any atom is -0.496 e. The number of hydrogen-bond donors (Lipinski definition) is 1. The number of methoxy groups -OCH3 is 1. The lowest BCUT2D eigenvalue weighted by atomic mass is 10.1. The second-order valence-electron chi connectivity index (χ2n) is 7.01. The lowest BCUT2D eigenvalue weighted by Crippen LogP contribution is -2.57. The number of nitrogens with zero attached hydrogens (tertiary/aromatic N) is 2. The molecule has 2 saturated heterocycles. The Bertz CT molecular complexity index is 771. The first-order valence-electron chi connectivity index (χ1n) is 9.00. The van der Waals surface area contributed by atoms with Crippen molar-refractivity contribution in [3.8, 4) is 5.75 Å². The van der Waals surface area contributed by atoms with Crippen molar-refractivity contribution >= 4 is 15.9 Å². The third-order valence-corrected chi connectivity index (χ3v) is 7.04. The molecule has 1 amide bonds. The normalized spacial score (nSPS) is 22.5. The van der Waals surface area contributed by atoms with Gasteiger partial charge < -0.3 is 15.0 Å². The molecule has 1 atom stereocenters. The van der Waals surface area contributed by atoms with E-state index in [1.54, 1.807) is 19.2 Å². The molecular formula is C18H27N3O4S. The molecule has 8 heteroatoms. The molecule has 0 aliphatic carbocycles. The van der Waals surface area contributed by atoms with Crippen molar-refractivity contribution < 1.29 is 17.9 Å². The van der Waals surface area contributed by atoms with Gasteiger partial charge in [-0.15, -0.1) is 0 Å². The fraction of sp³-hybridized carbons (Fsp3) is 0.611. The molecule has 2 aliphatic heterocycles. The Kier molecular flexibility index (Phi) is 5.55. The Labute approximate surface area is 155 Å². The van der Waals surface area contributed by atoms with Gasteiger partial charge in [-0.05, 0) is 49.9 Å². The Balaban J connectivity index is 1.84. The number of nitrogens with one attached hydrogen (secondary N) is 1. The monoisotopic (exact) mass is 381 g/mol. The van der Waals surface area contributed by atoms with E-state index >= 15 is 0 Å². The van der Waals surface area contributed by atoms with Gasteiger partial charge in [0.05, 0.1) is 18.6 Å². The molecule has 0 bridgehead atoms. The summed E-state index contributed by atoms with van der Waals surface area (Å²) in [6.45, 7) is 6.28. The van der Waals surface area contributed by atoms with E-state index in [0.29, 0.717) is 36.8 Å². The van der Waals surface area contributed by atoms with Gasteiger partial charge >= 0.3 is 0 Å². The Morgan fingerprint density at radius 3 is 2.50 bits per heavy atom. The number of hydrogen-bond acceptors (Lipinski definition) is 5. The Hall–Kier alpha value is -1.64. The standard InChI is InChI=1S/C18H27N3O4S/c1-13-9-16(10-14(2)18(13)25-3)26(23,24)20-7-4-5-15(12-20)21-8-6-19-11-17(21)22/h9-10,15,19H,4-8,11-12H2,1-3H3. The van der Waals surface area contributed by atoms with Crippen molar-refractivity contribution in [2.45, 2.75) is 37.6 Å². The van der Waals surface area contributed by atoms with Crippen molar-refractivity contribution in [1.82, 2.24) is 14.5 Å². The molecule has 1 unspecified atom stereocenters. The van der Waals surface area contributed by atoms with E-state index in [9.17, 15) is 13.2 Å². The second kappa shape index (κ2) is 7.54. The highest BCUT2D eigenvalue weighted by Gasteiger charge is 2.35. The molecule has 2 fully saturated rings. The zero-order valence-electron chi connectivity index (χ0n) is 15.6. The highest BCUT2D eigenvalue weighted by atomic mass is 32.2. The molecule has 7 nitrogen and oxygen atoms in total. The smallest absolute Gasteiger partial charge is 0.243 e. The van der Waals surface area contributed by atoms with Gasteiger partial charge in [0.2, 0.25) is 15.9 Å². The van der Waals surface area contributed by atoms with Gasteiger partial charge in [0, 0.05) is 32.2 Å². The van der Waals surface area contributed by atoms with Gasteiger partial charge in [0.25, 0.3) is 0 Å². The van der Waals surface area contributed by atoms with Gasteiger partial charge in [-0.2, -0.15) is 4.31 Å². The minimum absolute atomic E-state index is 0.0476. The van der Waals surface area contributed by atoms with Crippen molar-refractivity contribution in [1.29, 1.82) is 0 Å². The average molecular weight is 381 g/mol. The molecule has 1 N–H and O–H groups in total. The number of piperidine rings is 1. The number of piperazine rings is 1. The molecule has 0 spiro atoms. The topological polar surface area (TPSA) is 79.0 Å². The van der Waals surface area contributed by atoms with E-state index < -0.39 is 10.0 Å². The van der Waals surface area contributed by atoms with Crippen LogP contribution in [0.25, 0.3) is 0 Å². The van der Waals surface area contributed by atoms with Gasteiger partial charge in [-0.25, -0.2) is 8.42 Å². The number of ether oxygens (including phenoxy) is 1. The summed E-state index contributed by atoms with van der Waals surface area (Å²) in [5, 5.41) is 3.06. The van der Waals surface area contributed by atoms with Crippen LogP contribution in [-0.4, -0.2) is 69.4 Å². The van der Waals surface area contributed by atoms with Crippen LogP contribution in [0.15, 0.2) is 17.0 Å².